The Labute approximate surface area is 106 Å². The molecule has 2 aromatic rings. The zero-order valence-electron chi connectivity index (χ0n) is 10.1. The molecule has 0 aliphatic rings. The SMILES string of the molecule is COc1ccc(-c2ccc(CC(C)N)s2)cc1. The molecule has 2 rings (SSSR count). The average molecular weight is 247 g/mol. The van der Waals surface area contributed by atoms with Gasteiger partial charge in [0.1, 0.15) is 5.75 Å². The molecule has 0 spiro atoms. The lowest BCUT2D eigenvalue weighted by atomic mass is 10.2. The Balaban J connectivity index is 2.18. The Bertz CT molecular complexity index is 473. The second-order valence-electron chi connectivity index (χ2n) is 4.18. The van der Waals surface area contributed by atoms with E-state index in [2.05, 4.69) is 24.3 Å². The van der Waals surface area contributed by atoms with Crippen LogP contribution >= 0.6 is 11.3 Å². The third-order valence-corrected chi connectivity index (χ3v) is 3.72. The van der Waals surface area contributed by atoms with Crippen molar-refractivity contribution in [2.45, 2.75) is 19.4 Å². The predicted molar refractivity (Wildman–Crippen MR) is 73.7 cm³/mol. The minimum Gasteiger partial charge on any atom is -0.497 e. The van der Waals surface area contributed by atoms with Crippen molar-refractivity contribution >= 4 is 11.3 Å². The number of hydrogen-bond donors (Lipinski definition) is 1. The van der Waals surface area contributed by atoms with Gasteiger partial charge in [-0.3, -0.25) is 0 Å². The summed E-state index contributed by atoms with van der Waals surface area (Å²) in [5, 5.41) is 0. The fourth-order valence-electron chi connectivity index (χ4n) is 1.72. The van der Waals surface area contributed by atoms with E-state index in [-0.39, 0.29) is 6.04 Å². The van der Waals surface area contributed by atoms with Crippen molar-refractivity contribution in [1.82, 2.24) is 0 Å². The van der Waals surface area contributed by atoms with E-state index in [4.69, 9.17) is 10.5 Å². The molecule has 0 radical (unpaired) electrons. The molecule has 1 aromatic heterocycles. The molecule has 0 amide bonds. The van der Waals surface area contributed by atoms with Gasteiger partial charge in [-0.05, 0) is 55.3 Å². The molecule has 0 saturated heterocycles. The van der Waals surface area contributed by atoms with Gasteiger partial charge in [0.25, 0.3) is 0 Å². The number of ether oxygens (including phenoxy) is 1. The van der Waals surface area contributed by atoms with Crippen LogP contribution < -0.4 is 10.5 Å². The van der Waals surface area contributed by atoms with E-state index in [0.717, 1.165) is 12.2 Å². The summed E-state index contributed by atoms with van der Waals surface area (Å²) in [4.78, 5) is 2.62. The summed E-state index contributed by atoms with van der Waals surface area (Å²) < 4.78 is 5.15. The lowest BCUT2D eigenvalue weighted by molar-refractivity contribution is 0.415. The van der Waals surface area contributed by atoms with Crippen LogP contribution in [0.4, 0.5) is 0 Å². The van der Waals surface area contributed by atoms with Crippen molar-refractivity contribution in [3.05, 3.63) is 41.3 Å². The molecular formula is C14H17NOS. The molecule has 0 saturated carbocycles. The first-order chi connectivity index (χ1) is 8.19. The van der Waals surface area contributed by atoms with Crippen LogP contribution in [-0.4, -0.2) is 13.2 Å². The first-order valence-corrected chi connectivity index (χ1v) is 6.49. The van der Waals surface area contributed by atoms with E-state index in [1.54, 1.807) is 18.4 Å². The maximum atomic E-state index is 5.80. The minimum atomic E-state index is 0.220. The number of hydrogen-bond acceptors (Lipinski definition) is 3. The van der Waals surface area contributed by atoms with Crippen molar-refractivity contribution in [2.24, 2.45) is 5.73 Å². The molecular weight excluding hydrogens is 230 g/mol. The molecule has 1 aromatic carbocycles. The van der Waals surface area contributed by atoms with Crippen LogP contribution in [0.3, 0.4) is 0 Å². The van der Waals surface area contributed by atoms with Crippen LogP contribution in [0, 0.1) is 0 Å². The van der Waals surface area contributed by atoms with Crippen molar-refractivity contribution in [3.63, 3.8) is 0 Å². The Morgan fingerprint density at radius 2 is 1.88 bits per heavy atom. The minimum absolute atomic E-state index is 0.220. The van der Waals surface area contributed by atoms with Crippen molar-refractivity contribution in [1.29, 1.82) is 0 Å². The van der Waals surface area contributed by atoms with E-state index in [9.17, 15) is 0 Å². The van der Waals surface area contributed by atoms with Crippen LogP contribution in [0.5, 0.6) is 5.75 Å². The Morgan fingerprint density at radius 3 is 2.47 bits per heavy atom. The molecule has 0 bridgehead atoms. The monoisotopic (exact) mass is 247 g/mol. The van der Waals surface area contributed by atoms with Gasteiger partial charge in [-0.2, -0.15) is 0 Å². The van der Waals surface area contributed by atoms with E-state index in [1.807, 2.05) is 19.1 Å². The summed E-state index contributed by atoms with van der Waals surface area (Å²) in [6.45, 7) is 2.03. The Morgan fingerprint density at radius 1 is 1.18 bits per heavy atom. The van der Waals surface area contributed by atoms with Gasteiger partial charge in [0.2, 0.25) is 0 Å². The standard InChI is InChI=1S/C14H17NOS/c1-10(15)9-13-7-8-14(17-13)11-3-5-12(16-2)6-4-11/h3-8,10H,9,15H2,1-2H3. The van der Waals surface area contributed by atoms with E-state index in [1.165, 1.54) is 15.3 Å². The molecule has 0 fully saturated rings. The maximum Gasteiger partial charge on any atom is 0.118 e. The van der Waals surface area contributed by atoms with Gasteiger partial charge in [0.05, 0.1) is 7.11 Å². The van der Waals surface area contributed by atoms with Crippen LogP contribution in [-0.2, 0) is 6.42 Å². The summed E-state index contributed by atoms with van der Waals surface area (Å²) in [5.74, 6) is 0.890. The number of nitrogens with two attached hydrogens (primary N) is 1. The number of methoxy groups -OCH3 is 1. The van der Waals surface area contributed by atoms with E-state index < -0.39 is 0 Å². The molecule has 2 nitrogen and oxygen atoms in total. The summed E-state index contributed by atoms with van der Waals surface area (Å²) in [6.07, 6.45) is 0.945. The van der Waals surface area contributed by atoms with Gasteiger partial charge in [-0.15, -0.1) is 11.3 Å². The van der Waals surface area contributed by atoms with Crippen molar-refractivity contribution in [2.75, 3.05) is 7.11 Å². The lowest BCUT2D eigenvalue weighted by Crippen LogP contribution is -2.16. The molecule has 3 heteroatoms. The molecule has 1 unspecified atom stereocenters. The summed E-state index contributed by atoms with van der Waals surface area (Å²) in [7, 11) is 1.68. The van der Waals surface area contributed by atoms with Crippen LogP contribution in [0.1, 0.15) is 11.8 Å². The molecule has 1 heterocycles. The van der Waals surface area contributed by atoms with Crippen LogP contribution in [0.2, 0.25) is 0 Å². The van der Waals surface area contributed by atoms with Gasteiger partial charge in [0.15, 0.2) is 0 Å². The van der Waals surface area contributed by atoms with E-state index in [0.29, 0.717) is 0 Å². The molecule has 17 heavy (non-hydrogen) atoms. The van der Waals surface area contributed by atoms with Crippen molar-refractivity contribution in [3.8, 4) is 16.2 Å². The molecule has 0 aliphatic carbocycles. The Hall–Kier alpha value is -1.32. The van der Waals surface area contributed by atoms with Gasteiger partial charge >= 0.3 is 0 Å². The second kappa shape index (κ2) is 5.34. The smallest absolute Gasteiger partial charge is 0.118 e. The summed E-state index contributed by atoms with van der Waals surface area (Å²) in [6, 6.07) is 12.7. The number of thiophene rings is 1. The highest BCUT2D eigenvalue weighted by atomic mass is 32.1. The average Bonchev–Trinajstić information content (AvgIpc) is 2.77. The molecule has 1 atom stereocenters. The largest absolute Gasteiger partial charge is 0.497 e. The first-order valence-electron chi connectivity index (χ1n) is 5.68. The van der Waals surface area contributed by atoms with Crippen LogP contribution in [0.15, 0.2) is 36.4 Å². The predicted octanol–water partition coefficient (Wildman–Crippen LogP) is 3.31. The summed E-state index contributed by atoms with van der Waals surface area (Å²) in [5.41, 5.74) is 7.03. The highest BCUT2D eigenvalue weighted by molar-refractivity contribution is 7.15. The van der Waals surface area contributed by atoms with Gasteiger partial charge in [0, 0.05) is 15.8 Å². The second-order valence-corrected chi connectivity index (χ2v) is 5.34. The van der Waals surface area contributed by atoms with Gasteiger partial charge < -0.3 is 10.5 Å². The topological polar surface area (TPSA) is 35.2 Å². The fraction of sp³-hybridized carbons (Fsp3) is 0.286. The normalized spacial score (nSPS) is 12.4. The van der Waals surface area contributed by atoms with Crippen molar-refractivity contribution < 1.29 is 4.74 Å². The molecule has 90 valence electrons. The van der Waals surface area contributed by atoms with Crippen LogP contribution in [0.25, 0.3) is 10.4 Å². The third-order valence-electron chi connectivity index (χ3n) is 2.56. The Kier molecular flexibility index (Phi) is 3.82. The molecule has 2 N–H and O–H groups in total. The highest BCUT2D eigenvalue weighted by Crippen LogP contribution is 2.29. The lowest BCUT2D eigenvalue weighted by Gasteiger charge is -2.02. The van der Waals surface area contributed by atoms with E-state index >= 15 is 0 Å². The maximum absolute atomic E-state index is 5.80. The zero-order valence-corrected chi connectivity index (χ0v) is 11.0. The van der Waals surface area contributed by atoms with Gasteiger partial charge in [-0.25, -0.2) is 0 Å². The number of benzene rings is 1. The number of rotatable bonds is 4. The zero-order chi connectivity index (χ0) is 12.3. The fourth-order valence-corrected chi connectivity index (χ4v) is 2.87. The third kappa shape index (κ3) is 3.08. The first kappa shape index (κ1) is 12.1. The summed E-state index contributed by atoms with van der Waals surface area (Å²) >= 11 is 1.81. The highest BCUT2D eigenvalue weighted by Gasteiger charge is 2.04. The van der Waals surface area contributed by atoms with Gasteiger partial charge in [-0.1, -0.05) is 0 Å². The quantitative estimate of drug-likeness (QED) is 0.899. The molecule has 0 aliphatic heterocycles.